The molecule has 5 heteroatoms. The molecule has 0 bridgehead atoms. The fourth-order valence-electron chi connectivity index (χ4n) is 2.39. The Hall–Kier alpha value is -1.36. The number of carboxylic acids is 1. The van der Waals surface area contributed by atoms with E-state index in [1.807, 2.05) is 0 Å². The van der Waals surface area contributed by atoms with E-state index in [9.17, 15) is 4.79 Å². The molecular weight excluding hydrogens is 220 g/mol. The van der Waals surface area contributed by atoms with Gasteiger partial charge in [-0.2, -0.15) is 0 Å². The average Bonchev–Trinajstić information content (AvgIpc) is 2.72. The summed E-state index contributed by atoms with van der Waals surface area (Å²) in [5, 5.41) is 9.15. The Bertz CT molecular complexity index is 400. The number of hydrogen-bond acceptors (Lipinski definition) is 3. The van der Waals surface area contributed by atoms with E-state index in [0.717, 1.165) is 43.7 Å². The lowest BCUT2D eigenvalue weighted by molar-refractivity contribution is -0.139. The van der Waals surface area contributed by atoms with E-state index in [-0.39, 0.29) is 5.92 Å². The van der Waals surface area contributed by atoms with Crippen LogP contribution in [0.15, 0.2) is 6.20 Å². The molecule has 2 rings (SSSR count). The number of ether oxygens (including phenoxy) is 1. The van der Waals surface area contributed by atoms with Gasteiger partial charge >= 0.3 is 5.97 Å². The van der Waals surface area contributed by atoms with Gasteiger partial charge in [-0.25, -0.2) is 4.98 Å². The van der Waals surface area contributed by atoms with E-state index in [2.05, 4.69) is 9.55 Å². The first kappa shape index (κ1) is 12.1. The molecular formula is C12H18N2O3. The standard InChI is InChI=1S/C12H18N2O3/c1-17-7-3-5-11-13-8-10-9(12(15)16)4-2-6-14(10)11/h8-9H,2-7H2,1H3,(H,15,16). The van der Waals surface area contributed by atoms with Gasteiger partial charge in [0, 0.05) is 32.9 Å². The highest BCUT2D eigenvalue weighted by molar-refractivity contribution is 5.75. The van der Waals surface area contributed by atoms with E-state index < -0.39 is 5.97 Å². The zero-order valence-corrected chi connectivity index (χ0v) is 10.1. The van der Waals surface area contributed by atoms with Gasteiger partial charge in [-0.1, -0.05) is 0 Å². The van der Waals surface area contributed by atoms with Crippen LogP contribution in [0.2, 0.25) is 0 Å². The minimum Gasteiger partial charge on any atom is -0.481 e. The van der Waals surface area contributed by atoms with Gasteiger partial charge in [0.05, 0.1) is 11.6 Å². The Balaban J connectivity index is 2.13. The second kappa shape index (κ2) is 5.31. The Morgan fingerprint density at radius 1 is 1.71 bits per heavy atom. The van der Waals surface area contributed by atoms with Crippen molar-refractivity contribution in [1.29, 1.82) is 0 Å². The van der Waals surface area contributed by atoms with Crippen LogP contribution in [0.25, 0.3) is 0 Å². The first-order chi connectivity index (χ1) is 8.24. The minimum absolute atomic E-state index is 0.382. The second-order valence-electron chi connectivity index (χ2n) is 4.38. The predicted molar refractivity (Wildman–Crippen MR) is 62.0 cm³/mol. The zero-order valence-electron chi connectivity index (χ0n) is 10.1. The van der Waals surface area contributed by atoms with Crippen molar-refractivity contribution in [1.82, 2.24) is 9.55 Å². The maximum Gasteiger partial charge on any atom is 0.312 e. The Labute approximate surface area is 100 Å². The number of rotatable bonds is 5. The fraction of sp³-hybridized carbons (Fsp3) is 0.667. The molecule has 0 amide bonds. The highest BCUT2D eigenvalue weighted by Gasteiger charge is 2.28. The van der Waals surface area contributed by atoms with Crippen LogP contribution in [-0.4, -0.2) is 34.3 Å². The van der Waals surface area contributed by atoms with Crippen molar-refractivity contribution in [2.45, 2.75) is 38.1 Å². The number of methoxy groups -OCH3 is 1. The molecule has 0 aliphatic carbocycles. The number of aryl methyl sites for hydroxylation is 1. The van der Waals surface area contributed by atoms with E-state index >= 15 is 0 Å². The summed E-state index contributed by atoms with van der Waals surface area (Å²) in [5.41, 5.74) is 0.858. The van der Waals surface area contributed by atoms with E-state index in [4.69, 9.17) is 9.84 Å². The van der Waals surface area contributed by atoms with Crippen molar-refractivity contribution in [3.05, 3.63) is 17.7 Å². The van der Waals surface area contributed by atoms with Gasteiger partial charge < -0.3 is 14.4 Å². The number of imidazole rings is 1. The Morgan fingerprint density at radius 2 is 2.53 bits per heavy atom. The summed E-state index contributed by atoms with van der Waals surface area (Å²) in [6.45, 7) is 1.60. The lowest BCUT2D eigenvalue weighted by Gasteiger charge is -2.22. The van der Waals surface area contributed by atoms with Crippen LogP contribution in [0.5, 0.6) is 0 Å². The predicted octanol–water partition coefficient (Wildman–Crippen LogP) is 1.42. The number of hydrogen-bond donors (Lipinski definition) is 1. The van der Waals surface area contributed by atoms with Crippen LogP contribution in [0.4, 0.5) is 0 Å². The Morgan fingerprint density at radius 3 is 3.24 bits per heavy atom. The van der Waals surface area contributed by atoms with Crippen LogP contribution >= 0.6 is 0 Å². The van der Waals surface area contributed by atoms with Crippen molar-refractivity contribution >= 4 is 5.97 Å². The smallest absolute Gasteiger partial charge is 0.312 e. The van der Waals surface area contributed by atoms with Crippen LogP contribution < -0.4 is 0 Å². The van der Waals surface area contributed by atoms with Crippen LogP contribution in [0.3, 0.4) is 0 Å². The number of nitrogens with zero attached hydrogens (tertiary/aromatic N) is 2. The fourth-order valence-corrected chi connectivity index (χ4v) is 2.39. The summed E-state index contributed by atoms with van der Waals surface area (Å²) in [5.74, 6) is -0.135. The molecule has 0 fully saturated rings. The molecule has 17 heavy (non-hydrogen) atoms. The SMILES string of the molecule is COCCCc1ncc2n1CCCC2C(=O)O. The normalized spacial score (nSPS) is 19.0. The first-order valence-electron chi connectivity index (χ1n) is 6.00. The maximum atomic E-state index is 11.1. The van der Waals surface area contributed by atoms with Gasteiger partial charge in [-0.3, -0.25) is 4.79 Å². The summed E-state index contributed by atoms with van der Waals surface area (Å²) < 4.78 is 7.08. The third-order valence-electron chi connectivity index (χ3n) is 3.25. The van der Waals surface area contributed by atoms with E-state index in [0.29, 0.717) is 6.61 Å². The van der Waals surface area contributed by atoms with Gasteiger partial charge in [0.1, 0.15) is 5.82 Å². The Kier molecular flexibility index (Phi) is 3.78. The highest BCUT2D eigenvalue weighted by Crippen LogP contribution is 2.28. The minimum atomic E-state index is -0.741. The highest BCUT2D eigenvalue weighted by atomic mass is 16.5. The van der Waals surface area contributed by atoms with Crippen molar-refractivity contribution in [2.24, 2.45) is 0 Å². The lowest BCUT2D eigenvalue weighted by Crippen LogP contribution is -2.22. The molecule has 1 aliphatic rings. The largest absolute Gasteiger partial charge is 0.481 e. The number of fused-ring (bicyclic) bond motifs is 1. The van der Waals surface area contributed by atoms with Crippen molar-refractivity contribution in [2.75, 3.05) is 13.7 Å². The molecule has 2 heterocycles. The quantitative estimate of drug-likeness (QED) is 0.788. The van der Waals surface area contributed by atoms with Gasteiger partial charge in [0.25, 0.3) is 0 Å². The molecule has 0 spiro atoms. The molecule has 1 unspecified atom stereocenters. The summed E-state index contributed by atoms with van der Waals surface area (Å²) in [6, 6.07) is 0. The molecule has 0 saturated carbocycles. The molecule has 1 N–H and O–H groups in total. The molecule has 94 valence electrons. The first-order valence-corrected chi connectivity index (χ1v) is 6.00. The summed E-state index contributed by atoms with van der Waals surface area (Å²) >= 11 is 0. The topological polar surface area (TPSA) is 64.4 Å². The summed E-state index contributed by atoms with van der Waals surface area (Å²) in [6.07, 6.45) is 5.13. The van der Waals surface area contributed by atoms with E-state index in [1.54, 1.807) is 13.3 Å². The van der Waals surface area contributed by atoms with Crippen LogP contribution in [-0.2, 0) is 22.5 Å². The second-order valence-corrected chi connectivity index (χ2v) is 4.38. The molecule has 0 saturated heterocycles. The number of aliphatic carboxylic acids is 1. The van der Waals surface area contributed by atoms with E-state index in [1.165, 1.54) is 0 Å². The average molecular weight is 238 g/mol. The lowest BCUT2D eigenvalue weighted by atomic mass is 9.96. The van der Waals surface area contributed by atoms with Crippen molar-refractivity contribution < 1.29 is 14.6 Å². The maximum absolute atomic E-state index is 11.1. The van der Waals surface area contributed by atoms with Crippen molar-refractivity contribution in [3.63, 3.8) is 0 Å². The third-order valence-corrected chi connectivity index (χ3v) is 3.25. The summed E-state index contributed by atoms with van der Waals surface area (Å²) in [7, 11) is 1.68. The summed E-state index contributed by atoms with van der Waals surface area (Å²) in [4.78, 5) is 15.5. The molecule has 1 atom stereocenters. The molecule has 5 nitrogen and oxygen atoms in total. The molecule has 1 aromatic rings. The number of carbonyl (C=O) groups is 1. The molecule has 0 radical (unpaired) electrons. The van der Waals surface area contributed by atoms with Crippen LogP contribution in [0, 0.1) is 0 Å². The molecule has 1 aliphatic heterocycles. The molecule has 0 aromatic carbocycles. The van der Waals surface area contributed by atoms with Gasteiger partial charge in [0.2, 0.25) is 0 Å². The van der Waals surface area contributed by atoms with Gasteiger partial charge in [-0.05, 0) is 19.3 Å². The van der Waals surface area contributed by atoms with Crippen LogP contribution in [0.1, 0.15) is 36.7 Å². The zero-order chi connectivity index (χ0) is 12.3. The number of aromatic nitrogens is 2. The van der Waals surface area contributed by atoms with Gasteiger partial charge in [0.15, 0.2) is 0 Å². The van der Waals surface area contributed by atoms with Gasteiger partial charge in [-0.15, -0.1) is 0 Å². The van der Waals surface area contributed by atoms with Crippen molar-refractivity contribution in [3.8, 4) is 0 Å². The molecule has 1 aromatic heterocycles. The number of carboxylic acid groups (broad SMARTS) is 1. The monoisotopic (exact) mass is 238 g/mol. The third kappa shape index (κ3) is 2.49.